The number of carboxylic acid groups (broad SMARTS) is 1. The van der Waals surface area contributed by atoms with Crippen LogP contribution in [0.2, 0.25) is 0 Å². The zero-order valence-corrected chi connectivity index (χ0v) is 19.6. The molecule has 1 aliphatic rings. The van der Waals surface area contributed by atoms with Crippen molar-refractivity contribution in [2.45, 2.75) is 0 Å². The number of nitrogens with zero attached hydrogens (tertiary/aromatic N) is 1. The van der Waals surface area contributed by atoms with E-state index in [-0.39, 0.29) is 16.4 Å². The molecule has 9 nitrogen and oxygen atoms in total. The van der Waals surface area contributed by atoms with Crippen molar-refractivity contribution in [3.63, 3.8) is 0 Å². The number of hydrogen-bond donors (Lipinski definition) is 2. The van der Waals surface area contributed by atoms with Gasteiger partial charge in [-0.1, -0.05) is 18.2 Å². The Morgan fingerprint density at radius 2 is 1.94 bits per heavy atom. The first kappa shape index (κ1) is 23.6. The Kier molecular flexibility index (Phi) is 7.75. The summed E-state index contributed by atoms with van der Waals surface area (Å²) in [6.45, 7) is -0.935. The second-order valence-electron chi connectivity index (χ2n) is 6.40. The topological polar surface area (TPSA) is 122 Å². The van der Waals surface area contributed by atoms with Crippen LogP contribution in [-0.4, -0.2) is 53.3 Å². The smallest absolute Gasteiger partial charge is 0.341 e. The molecule has 3 amide bonds. The Morgan fingerprint density at radius 1 is 1.22 bits per heavy atom. The molecule has 1 aliphatic heterocycles. The summed E-state index contributed by atoms with van der Waals surface area (Å²) in [7, 11) is 1.40. The second kappa shape index (κ2) is 10.5. The molecule has 1 fully saturated rings. The largest absolute Gasteiger partial charge is 0.493 e. The van der Waals surface area contributed by atoms with Gasteiger partial charge in [0.1, 0.15) is 6.54 Å². The van der Waals surface area contributed by atoms with Crippen molar-refractivity contribution in [2.24, 2.45) is 0 Å². The van der Waals surface area contributed by atoms with Gasteiger partial charge in [-0.05, 0) is 70.3 Å². The molecular formula is C21H17IN2O7S. The molecule has 0 saturated carbocycles. The number of methoxy groups -OCH3 is 1. The average Bonchev–Trinajstić information content (AvgIpc) is 3.00. The normalized spacial score (nSPS) is 14.6. The fraction of sp³-hybridized carbons (Fsp3) is 0.143. The van der Waals surface area contributed by atoms with Crippen LogP contribution in [0.5, 0.6) is 11.5 Å². The van der Waals surface area contributed by atoms with Crippen LogP contribution in [0.15, 0.2) is 47.4 Å². The van der Waals surface area contributed by atoms with E-state index in [1.165, 1.54) is 13.2 Å². The highest BCUT2D eigenvalue weighted by Gasteiger charge is 2.36. The van der Waals surface area contributed by atoms with Gasteiger partial charge in [-0.3, -0.25) is 19.3 Å². The van der Waals surface area contributed by atoms with Gasteiger partial charge in [-0.2, -0.15) is 0 Å². The Hall–Kier alpha value is -3.06. The number of carboxylic acids is 1. The molecule has 0 bridgehead atoms. The first-order chi connectivity index (χ1) is 15.3. The molecule has 2 N–H and O–H groups in total. The van der Waals surface area contributed by atoms with Crippen LogP contribution in [0.25, 0.3) is 6.08 Å². The minimum absolute atomic E-state index is 0.152. The van der Waals surface area contributed by atoms with E-state index in [1.807, 2.05) is 22.6 Å². The number of aliphatic carboxylic acids is 1. The fourth-order valence-electron chi connectivity index (χ4n) is 2.75. The van der Waals surface area contributed by atoms with Crippen LogP contribution >= 0.6 is 34.4 Å². The van der Waals surface area contributed by atoms with Crippen LogP contribution in [-0.2, 0) is 14.4 Å². The zero-order chi connectivity index (χ0) is 23.3. The summed E-state index contributed by atoms with van der Waals surface area (Å²) in [4.78, 5) is 49.1. The second-order valence-corrected chi connectivity index (χ2v) is 8.55. The highest BCUT2D eigenvalue weighted by atomic mass is 127. The number of carbonyl (C=O) groups is 4. The maximum Gasteiger partial charge on any atom is 0.341 e. The summed E-state index contributed by atoms with van der Waals surface area (Å²) in [5.41, 5.74) is 1.11. The number of nitrogens with one attached hydrogen (secondary N) is 1. The molecule has 0 aliphatic carbocycles. The molecule has 1 saturated heterocycles. The molecule has 0 spiro atoms. The molecule has 0 unspecified atom stereocenters. The van der Waals surface area contributed by atoms with E-state index >= 15 is 0 Å². The molecule has 2 aromatic carbocycles. The molecule has 166 valence electrons. The lowest BCUT2D eigenvalue weighted by Gasteiger charge is -2.13. The molecule has 11 heteroatoms. The molecule has 3 rings (SSSR count). The molecule has 32 heavy (non-hydrogen) atoms. The van der Waals surface area contributed by atoms with Gasteiger partial charge in [0.05, 0.1) is 15.6 Å². The van der Waals surface area contributed by atoms with Crippen LogP contribution < -0.4 is 14.8 Å². The summed E-state index contributed by atoms with van der Waals surface area (Å²) in [6, 6.07) is 11.9. The first-order valence-electron chi connectivity index (χ1n) is 9.11. The standard InChI is InChI=1S/C21H17IN2O7S/c1-30-15-8-12(7-14(22)19(15)31-11-18(26)27)9-16-20(28)24(21(29)32-16)10-17(25)23-13-5-3-2-4-6-13/h2-9H,10-11H2,1H3,(H,23,25)(H,26,27)/b16-9-. The minimum atomic E-state index is -1.13. The van der Waals surface area contributed by atoms with E-state index in [0.29, 0.717) is 14.8 Å². The lowest BCUT2D eigenvalue weighted by Crippen LogP contribution is -2.36. The van der Waals surface area contributed by atoms with E-state index in [4.69, 9.17) is 14.6 Å². The Balaban J connectivity index is 1.75. The van der Waals surface area contributed by atoms with Gasteiger partial charge in [0.25, 0.3) is 11.1 Å². The number of hydrogen-bond acceptors (Lipinski definition) is 7. The first-order valence-corrected chi connectivity index (χ1v) is 11.0. The van der Waals surface area contributed by atoms with E-state index < -0.39 is 36.2 Å². The van der Waals surface area contributed by atoms with E-state index in [2.05, 4.69) is 5.32 Å². The van der Waals surface area contributed by atoms with Gasteiger partial charge in [0.2, 0.25) is 5.91 Å². The average molecular weight is 568 g/mol. The van der Waals surface area contributed by atoms with Crippen molar-refractivity contribution in [3.8, 4) is 11.5 Å². The number of benzene rings is 2. The van der Waals surface area contributed by atoms with Gasteiger partial charge in [0, 0.05) is 5.69 Å². The maximum absolute atomic E-state index is 12.7. The van der Waals surface area contributed by atoms with E-state index in [0.717, 1.165) is 16.7 Å². The molecule has 2 aromatic rings. The number of imide groups is 1. The predicted molar refractivity (Wildman–Crippen MR) is 127 cm³/mol. The summed E-state index contributed by atoms with van der Waals surface area (Å²) < 4.78 is 11.1. The van der Waals surface area contributed by atoms with Gasteiger partial charge in [-0.25, -0.2) is 4.79 Å². The number of thioether (sulfide) groups is 1. The van der Waals surface area contributed by atoms with Crippen LogP contribution in [0, 0.1) is 3.57 Å². The van der Waals surface area contributed by atoms with Crippen molar-refractivity contribution in [3.05, 3.63) is 56.5 Å². The van der Waals surface area contributed by atoms with Crippen molar-refractivity contribution in [2.75, 3.05) is 25.6 Å². The summed E-state index contributed by atoms with van der Waals surface area (Å²) in [5, 5.41) is 10.9. The third kappa shape index (κ3) is 5.79. The molecule has 1 heterocycles. The number of ether oxygens (including phenoxy) is 2. The highest BCUT2D eigenvalue weighted by Crippen LogP contribution is 2.37. The van der Waals surface area contributed by atoms with Crippen LogP contribution in [0.3, 0.4) is 0 Å². The zero-order valence-electron chi connectivity index (χ0n) is 16.7. The van der Waals surface area contributed by atoms with Crippen molar-refractivity contribution >= 4 is 69.1 Å². The summed E-state index contributed by atoms with van der Waals surface area (Å²) >= 11 is 2.69. The van der Waals surface area contributed by atoms with Crippen molar-refractivity contribution in [1.82, 2.24) is 4.90 Å². The summed E-state index contributed by atoms with van der Waals surface area (Å²) in [6.07, 6.45) is 1.51. The molecule has 0 atom stereocenters. The maximum atomic E-state index is 12.7. The van der Waals surface area contributed by atoms with Crippen LogP contribution in [0.4, 0.5) is 10.5 Å². The third-order valence-corrected chi connectivity index (χ3v) is 5.83. The number of amides is 3. The van der Waals surface area contributed by atoms with E-state index in [1.54, 1.807) is 42.5 Å². The van der Waals surface area contributed by atoms with Crippen LogP contribution in [0.1, 0.15) is 5.56 Å². The molecule has 0 radical (unpaired) electrons. The van der Waals surface area contributed by atoms with Crippen molar-refractivity contribution in [1.29, 1.82) is 0 Å². The number of rotatable bonds is 8. The van der Waals surface area contributed by atoms with Gasteiger partial charge < -0.3 is 19.9 Å². The fourth-order valence-corrected chi connectivity index (χ4v) is 4.37. The Morgan fingerprint density at radius 3 is 2.59 bits per heavy atom. The number of anilines is 1. The minimum Gasteiger partial charge on any atom is -0.493 e. The Bertz CT molecular complexity index is 1100. The molecule has 0 aromatic heterocycles. The highest BCUT2D eigenvalue weighted by molar-refractivity contribution is 14.1. The number of halogens is 1. The quantitative estimate of drug-likeness (QED) is 0.367. The number of carbonyl (C=O) groups excluding carboxylic acids is 3. The van der Waals surface area contributed by atoms with Crippen molar-refractivity contribution < 1.29 is 33.8 Å². The predicted octanol–water partition coefficient (Wildman–Crippen LogP) is 3.44. The van der Waals surface area contributed by atoms with Gasteiger partial charge in [0.15, 0.2) is 18.1 Å². The van der Waals surface area contributed by atoms with Gasteiger partial charge >= 0.3 is 5.97 Å². The SMILES string of the molecule is COc1cc(/C=C2\SC(=O)N(CC(=O)Nc3ccccc3)C2=O)cc(I)c1OCC(=O)O. The lowest BCUT2D eigenvalue weighted by atomic mass is 10.2. The monoisotopic (exact) mass is 568 g/mol. The summed E-state index contributed by atoms with van der Waals surface area (Å²) in [5.74, 6) is -1.65. The van der Waals surface area contributed by atoms with E-state index in [9.17, 15) is 19.2 Å². The number of para-hydroxylation sites is 1. The third-order valence-electron chi connectivity index (χ3n) is 4.12. The van der Waals surface area contributed by atoms with Gasteiger partial charge in [-0.15, -0.1) is 0 Å². The lowest BCUT2D eigenvalue weighted by molar-refractivity contribution is -0.139. The Labute approximate surface area is 200 Å². The molecular weight excluding hydrogens is 551 g/mol.